The van der Waals surface area contributed by atoms with Gasteiger partial charge >= 0.3 is 0 Å². The van der Waals surface area contributed by atoms with Crippen LogP contribution in [0.3, 0.4) is 0 Å². The molecule has 2 aliphatic rings. The van der Waals surface area contributed by atoms with Crippen molar-refractivity contribution >= 4 is 11.6 Å². The summed E-state index contributed by atoms with van der Waals surface area (Å²) in [7, 11) is 0. The molecule has 2 aromatic rings. The number of pyridine rings is 1. The van der Waals surface area contributed by atoms with E-state index in [0.717, 1.165) is 44.1 Å². The van der Waals surface area contributed by atoms with E-state index in [1.807, 2.05) is 36.7 Å². The molecule has 0 saturated carbocycles. The first kappa shape index (κ1) is 17.0. The normalized spacial score (nSPS) is 22.7. The lowest BCUT2D eigenvalue weighted by Crippen LogP contribution is -2.65. The van der Waals surface area contributed by atoms with Gasteiger partial charge in [0.2, 0.25) is 0 Å². The molecule has 1 aromatic heterocycles. The van der Waals surface area contributed by atoms with Gasteiger partial charge in [0, 0.05) is 50.1 Å². The predicted molar refractivity (Wildman–Crippen MR) is 97.5 cm³/mol. The van der Waals surface area contributed by atoms with Crippen LogP contribution < -0.4 is 0 Å². The van der Waals surface area contributed by atoms with Gasteiger partial charge in [-0.05, 0) is 41.8 Å². The van der Waals surface area contributed by atoms with Gasteiger partial charge in [0.25, 0.3) is 0 Å². The first-order chi connectivity index (χ1) is 12.2. The van der Waals surface area contributed by atoms with Gasteiger partial charge in [0.15, 0.2) is 0 Å². The molecule has 132 valence electrons. The van der Waals surface area contributed by atoms with Crippen molar-refractivity contribution in [1.29, 1.82) is 0 Å². The maximum absolute atomic E-state index is 6.13. The first-order valence-corrected chi connectivity index (χ1v) is 9.20. The Morgan fingerprint density at radius 1 is 1.12 bits per heavy atom. The summed E-state index contributed by atoms with van der Waals surface area (Å²) in [5, 5.41) is 0.786. The van der Waals surface area contributed by atoms with E-state index < -0.39 is 0 Å². The van der Waals surface area contributed by atoms with Gasteiger partial charge in [0.1, 0.15) is 0 Å². The van der Waals surface area contributed by atoms with E-state index in [-0.39, 0.29) is 11.7 Å². The highest BCUT2D eigenvalue weighted by Gasteiger charge is 2.47. The highest BCUT2D eigenvalue weighted by atomic mass is 35.5. The molecule has 0 bridgehead atoms. The number of halogens is 1. The quantitative estimate of drug-likeness (QED) is 0.816. The average Bonchev–Trinajstić information content (AvgIpc) is 2.62. The number of nitrogens with zero attached hydrogens (tertiary/aromatic N) is 2. The molecule has 2 saturated heterocycles. The van der Waals surface area contributed by atoms with Crippen LogP contribution in [0.2, 0.25) is 5.02 Å². The SMILES string of the molecule is Clc1ccc(CN2CC3(CC(OCc4ccncc4)CCO3)C2)cc1. The Morgan fingerprint density at radius 2 is 1.88 bits per heavy atom. The molecule has 25 heavy (non-hydrogen) atoms. The van der Waals surface area contributed by atoms with Crippen molar-refractivity contribution in [3.05, 3.63) is 64.9 Å². The Labute approximate surface area is 153 Å². The van der Waals surface area contributed by atoms with Crippen LogP contribution >= 0.6 is 11.6 Å². The van der Waals surface area contributed by atoms with Crippen LogP contribution in [0.15, 0.2) is 48.8 Å². The fraction of sp³-hybridized carbons (Fsp3) is 0.450. The molecular weight excluding hydrogens is 336 g/mol. The Bertz CT molecular complexity index is 687. The Kier molecular flexibility index (Phi) is 5.04. The molecule has 4 nitrogen and oxygen atoms in total. The van der Waals surface area contributed by atoms with Gasteiger partial charge in [-0.25, -0.2) is 0 Å². The molecule has 0 amide bonds. The van der Waals surface area contributed by atoms with E-state index in [9.17, 15) is 0 Å². The zero-order chi connectivity index (χ0) is 17.1. The van der Waals surface area contributed by atoms with Crippen molar-refractivity contribution in [1.82, 2.24) is 9.88 Å². The molecule has 2 fully saturated rings. The Morgan fingerprint density at radius 3 is 2.64 bits per heavy atom. The van der Waals surface area contributed by atoms with Crippen LogP contribution in [0, 0.1) is 0 Å². The minimum Gasteiger partial charge on any atom is -0.373 e. The second kappa shape index (κ2) is 7.42. The van der Waals surface area contributed by atoms with Crippen LogP contribution in [0.4, 0.5) is 0 Å². The first-order valence-electron chi connectivity index (χ1n) is 8.82. The molecule has 0 aliphatic carbocycles. The third kappa shape index (κ3) is 4.21. The summed E-state index contributed by atoms with van der Waals surface area (Å²) >= 11 is 5.95. The topological polar surface area (TPSA) is 34.6 Å². The van der Waals surface area contributed by atoms with Crippen molar-refractivity contribution in [2.45, 2.75) is 37.7 Å². The fourth-order valence-electron chi connectivity index (χ4n) is 3.77. The van der Waals surface area contributed by atoms with E-state index in [1.54, 1.807) is 0 Å². The minimum absolute atomic E-state index is 0.0203. The van der Waals surface area contributed by atoms with E-state index in [4.69, 9.17) is 21.1 Å². The molecular formula is C20H23ClN2O2. The van der Waals surface area contributed by atoms with Gasteiger partial charge in [0.05, 0.1) is 18.3 Å². The summed E-state index contributed by atoms with van der Waals surface area (Å²) in [5.41, 5.74) is 2.45. The molecule has 0 N–H and O–H groups in total. The smallest absolute Gasteiger partial charge is 0.0959 e. The van der Waals surface area contributed by atoms with Crippen molar-refractivity contribution < 1.29 is 9.47 Å². The number of aromatic nitrogens is 1. The number of hydrogen-bond acceptors (Lipinski definition) is 4. The third-order valence-corrected chi connectivity index (χ3v) is 5.28. The second-order valence-corrected chi connectivity index (χ2v) is 7.52. The van der Waals surface area contributed by atoms with Gasteiger partial charge in [-0.3, -0.25) is 9.88 Å². The molecule has 1 unspecified atom stereocenters. The molecule has 1 atom stereocenters. The van der Waals surface area contributed by atoms with E-state index in [2.05, 4.69) is 22.0 Å². The molecule has 4 rings (SSSR count). The number of ether oxygens (including phenoxy) is 2. The summed E-state index contributed by atoms with van der Waals surface area (Å²) in [6.45, 7) is 4.34. The summed E-state index contributed by atoms with van der Waals surface area (Å²) in [5.74, 6) is 0. The zero-order valence-corrected chi connectivity index (χ0v) is 15.0. The lowest BCUT2D eigenvalue weighted by atomic mass is 9.84. The lowest BCUT2D eigenvalue weighted by Gasteiger charge is -2.53. The van der Waals surface area contributed by atoms with Crippen LogP contribution in [-0.4, -0.2) is 41.3 Å². The highest BCUT2D eigenvalue weighted by molar-refractivity contribution is 6.30. The maximum Gasteiger partial charge on any atom is 0.0959 e. The number of likely N-dealkylation sites (tertiary alicyclic amines) is 1. The number of rotatable bonds is 5. The van der Waals surface area contributed by atoms with Crippen LogP contribution in [0.5, 0.6) is 0 Å². The average molecular weight is 359 g/mol. The Hall–Kier alpha value is -1.46. The molecule has 1 aromatic carbocycles. The van der Waals surface area contributed by atoms with Crippen molar-refractivity contribution in [3.8, 4) is 0 Å². The number of hydrogen-bond donors (Lipinski definition) is 0. The van der Waals surface area contributed by atoms with Crippen LogP contribution in [-0.2, 0) is 22.6 Å². The zero-order valence-electron chi connectivity index (χ0n) is 14.2. The summed E-state index contributed by atoms with van der Waals surface area (Å²) in [4.78, 5) is 6.47. The van der Waals surface area contributed by atoms with Gasteiger partial charge in [-0.15, -0.1) is 0 Å². The molecule has 1 spiro atoms. The van der Waals surface area contributed by atoms with Crippen molar-refractivity contribution in [2.24, 2.45) is 0 Å². The summed E-state index contributed by atoms with van der Waals surface area (Å²) < 4.78 is 12.2. The fourth-order valence-corrected chi connectivity index (χ4v) is 3.89. The lowest BCUT2D eigenvalue weighted by molar-refractivity contribution is -0.200. The highest BCUT2D eigenvalue weighted by Crippen LogP contribution is 2.36. The molecule has 2 aliphatic heterocycles. The summed E-state index contributed by atoms with van der Waals surface area (Å²) in [6, 6.07) is 12.1. The van der Waals surface area contributed by atoms with E-state index in [1.165, 1.54) is 11.1 Å². The monoisotopic (exact) mass is 358 g/mol. The summed E-state index contributed by atoms with van der Waals surface area (Å²) in [6.07, 6.45) is 5.86. The van der Waals surface area contributed by atoms with Gasteiger partial charge in [-0.2, -0.15) is 0 Å². The van der Waals surface area contributed by atoms with Crippen molar-refractivity contribution in [3.63, 3.8) is 0 Å². The Balaban J connectivity index is 1.26. The second-order valence-electron chi connectivity index (χ2n) is 7.08. The van der Waals surface area contributed by atoms with Crippen molar-refractivity contribution in [2.75, 3.05) is 19.7 Å². The largest absolute Gasteiger partial charge is 0.373 e. The third-order valence-electron chi connectivity index (χ3n) is 5.03. The van der Waals surface area contributed by atoms with E-state index >= 15 is 0 Å². The van der Waals surface area contributed by atoms with Crippen LogP contribution in [0.1, 0.15) is 24.0 Å². The van der Waals surface area contributed by atoms with Gasteiger partial charge < -0.3 is 9.47 Å². The van der Waals surface area contributed by atoms with Gasteiger partial charge in [-0.1, -0.05) is 23.7 Å². The molecule has 0 radical (unpaired) electrons. The predicted octanol–water partition coefficient (Wildman–Crippen LogP) is 3.69. The molecule has 3 heterocycles. The van der Waals surface area contributed by atoms with E-state index in [0.29, 0.717) is 6.61 Å². The molecule has 5 heteroatoms. The maximum atomic E-state index is 6.13. The standard InChI is InChI=1S/C20H23ClN2O2/c21-18-3-1-16(2-4-18)12-23-14-20(15-23)11-19(7-10-25-20)24-13-17-5-8-22-9-6-17/h1-6,8-9,19H,7,10-15H2. The number of benzene rings is 1. The van der Waals surface area contributed by atoms with Crippen LogP contribution in [0.25, 0.3) is 0 Å². The minimum atomic E-state index is -0.0203.